The highest BCUT2D eigenvalue weighted by atomic mass is 35.5. The Morgan fingerprint density at radius 2 is 2.29 bits per heavy atom. The average molecular weight is 318 g/mol. The van der Waals surface area contributed by atoms with Gasteiger partial charge in [0.15, 0.2) is 29.4 Å². The number of rotatable bonds is 3. The van der Waals surface area contributed by atoms with Gasteiger partial charge >= 0.3 is 0 Å². The molecule has 0 aromatic carbocycles. The Morgan fingerprint density at radius 3 is 2.90 bits per heavy atom. The summed E-state index contributed by atoms with van der Waals surface area (Å²) in [5.74, 6) is 0.399. The van der Waals surface area contributed by atoms with Crippen molar-refractivity contribution in [2.45, 2.75) is 24.6 Å². The summed E-state index contributed by atoms with van der Waals surface area (Å²) in [5, 5.41) is 21.6. The summed E-state index contributed by atoms with van der Waals surface area (Å²) in [7, 11) is 1.65. The lowest BCUT2D eigenvalue weighted by molar-refractivity contribution is -0.0459. The second kappa shape index (κ2) is 5.34. The second-order valence-corrected chi connectivity index (χ2v) is 4.94. The molecule has 3 N–H and O–H groups in total. The fourth-order valence-corrected chi connectivity index (χ4v) is 2.49. The smallest absolute Gasteiger partial charge is 0.226 e. The van der Waals surface area contributed by atoms with E-state index in [1.165, 1.54) is 10.9 Å². The minimum atomic E-state index is -1.72. The van der Waals surface area contributed by atoms with E-state index in [0.29, 0.717) is 11.3 Å². The van der Waals surface area contributed by atoms with Gasteiger partial charge < -0.3 is 20.3 Å². The van der Waals surface area contributed by atoms with E-state index in [2.05, 4.69) is 20.3 Å². The zero-order valence-electron chi connectivity index (χ0n) is 10.9. The fraction of sp³-hybridized carbons (Fsp3) is 0.545. The molecule has 3 rings (SSSR count). The van der Waals surface area contributed by atoms with Gasteiger partial charge in [-0.3, -0.25) is 4.57 Å². The highest BCUT2D eigenvalue weighted by molar-refractivity contribution is 6.28. The number of anilines is 1. The zero-order chi connectivity index (χ0) is 15.1. The number of aromatic nitrogens is 4. The highest BCUT2D eigenvalue weighted by Gasteiger charge is 2.45. The van der Waals surface area contributed by atoms with Gasteiger partial charge in [0.05, 0.1) is 12.9 Å². The summed E-state index contributed by atoms with van der Waals surface area (Å²) in [4.78, 5) is 12.1. The summed E-state index contributed by atoms with van der Waals surface area (Å²) in [6.07, 6.45) is -3.94. The number of aliphatic hydroxyl groups is 2. The molecule has 1 aliphatic heterocycles. The van der Waals surface area contributed by atoms with Gasteiger partial charge in [-0.2, -0.15) is 9.97 Å². The fourth-order valence-electron chi connectivity index (χ4n) is 2.33. The zero-order valence-corrected chi connectivity index (χ0v) is 11.7. The van der Waals surface area contributed by atoms with Crippen LogP contribution in [-0.4, -0.2) is 61.8 Å². The second-order valence-electron chi connectivity index (χ2n) is 4.60. The summed E-state index contributed by atoms with van der Waals surface area (Å²) in [6.45, 7) is -0.484. The van der Waals surface area contributed by atoms with E-state index < -0.39 is 31.2 Å². The molecule has 4 atom stereocenters. The van der Waals surface area contributed by atoms with Crippen LogP contribution in [0.3, 0.4) is 0 Å². The van der Waals surface area contributed by atoms with Gasteiger partial charge in [-0.05, 0) is 11.6 Å². The molecule has 0 saturated carbocycles. The largest absolute Gasteiger partial charge is 0.394 e. The van der Waals surface area contributed by atoms with E-state index in [1.807, 2.05) is 0 Å². The van der Waals surface area contributed by atoms with Crippen molar-refractivity contribution < 1.29 is 19.3 Å². The van der Waals surface area contributed by atoms with Gasteiger partial charge in [-0.15, -0.1) is 0 Å². The molecule has 1 saturated heterocycles. The monoisotopic (exact) mass is 317 g/mol. The Morgan fingerprint density at radius 1 is 1.52 bits per heavy atom. The van der Waals surface area contributed by atoms with Gasteiger partial charge in [0.25, 0.3) is 0 Å². The van der Waals surface area contributed by atoms with Crippen LogP contribution in [0.5, 0.6) is 0 Å². The summed E-state index contributed by atoms with van der Waals surface area (Å²) in [5.41, 5.74) is 0.678. The SMILES string of the molecule is CNc1nc(Cl)nc2c1ncn2[C@@H]1O[C@H](CO)C(O)[C@H]1F. The van der Waals surface area contributed by atoms with Crippen molar-refractivity contribution in [2.24, 2.45) is 0 Å². The lowest BCUT2D eigenvalue weighted by atomic mass is 10.1. The number of alkyl halides is 1. The molecule has 21 heavy (non-hydrogen) atoms. The van der Waals surface area contributed by atoms with Crippen LogP contribution in [0.15, 0.2) is 6.33 Å². The van der Waals surface area contributed by atoms with E-state index in [0.717, 1.165) is 0 Å². The first-order valence-electron chi connectivity index (χ1n) is 6.23. The molecule has 1 unspecified atom stereocenters. The van der Waals surface area contributed by atoms with Crippen LogP contribution in [-0.2, 0) is 4.74 Å². The van der Waals surface area contributed by atoms with E-state index in [1.54, 1.807) is 7.05 Å². The van der Waals surface area contributed by atoms with Gasteiger partial charge in [-0.1, -0.05) is 0 Å². The van der Waals surface area contributed by atoms with E-state index in [4.69, 9.17) is 21.4 Å². The Hall–Kier alpha value is -1.55. The molecule has 0 amide bonds. The summed E-state index contributed by atoms with van der Waals surface area (Å²) < 4.78 is 20.8. The van der Waals surface area contributed by atoms with Crippen molar-refractivity contribution >= 4 is 28.6 Å². The van der Waals surface area contributed by atoms with Crippen molar-refractivity contribution in [3.8, 4) is 0 Å². The van der Waals surface area contributed by atoms with Crippen molar-refractivity contribution in [3.05, 3.63) is 11.6 Å². The lowest BCUT2D eigenvalue weighted by Gasteiger charge is -2.15. The van der Waals surface area contributed by atoms with Crippen LogP contribution in [0.2, 0.25) is 5.28 Å². The maximum atomic E-state index is 14.2. The third-order valence-corrected chi connectivity index (χ3v) is 3.55. The normalized spacial score (nSPS) is 29.2. The van der Waals surface area contributed by atoms with Gasteiger partial charge in [-0.25, -0.2) is 9.37 Å². The van der Waals surface area contributed by atoms with Crippen LogP contribution in [0.4, 0.5) is 10.2 Å². The molecular weight excluding hydrogens is 305 g/mol. The van der Waals surface area contributed by atoms with Gasteiger partial charge in [0, 0.05) is 7.05 Å². The molecule has 0 spiro atoms. The van der Waals surface area contributed by atoms with Crippen molar-refractivity contribution in [1.82, 2.24) is 19.5 Å². The van der Waals surface area contributed by atoms with Crippen molar-refractivity contribution in [2.75, 3.05) is 19.0 Å². The minimum Gasteiger partial charge on any atom is -0.394 e. The highest BCUT2D eigenvalue weighted by Crippen LogP contribution is 2.34. The average Bonchev–Trinajstić information content (AvgIpc) is 3.01. The molecule has 1 aliphatic rings. The van der Waals surface area contributed by atoms with E-state index in [9.17, 15) is 9.50 Å². The molecule has 0 aliphatic carbocycles. The minimum absolute atomic E-state index is 0.0266. The topological polar surface area (TPSA) is 105 Å². The third-order valence-electron chi connectivity index (χ3n) is 3.38. The van der Waals surface area contributed by atoms with Crippen LogP contribution >= 0.6 is 11.6 Å². The standard InChI is InChI=1S/C11H13ClFN5O3/c1-14-8-6-9(17-11(12)16-8)18(3-15-6)10-5(13)7(20)4(2-19)21-10/h3-5,7,10,19-20H,2H2,1H3,(H,14,16,17)/t4-,5-,7?,10-/m1/s1. The number of aliphatic hydroxyl groups excluding tert-OH is 2. The number of hydrogen-bond acceptors (Lipinski definition) is 7. The quantitative estimate of drug-likeness (QED) is 0.690. The van der Waals surface area contributed by atoms with E-state index in [-0.39, 0.29) is 10.9 Å². The molecular formula is C11H13ClFN5O3. The van der Waals surface area contributed by atoms with Crippen molar-refractivity contribution in [1.29, 1.82) is 0 Å². The molecule has 0 bridgehead atoms. The number of imidazole rings is 1. The Bertz CT molecular complexity index is 669. The lowest BCUT2D eigenvalue weighted by Crippen LogP contribution is -2.30. The number of hydrogen-bond donors (Lipinski definition) is 3. The van der Waals surface area contributed by atoms with Crippen LogP contribution < -0.4 is 5.32 Å². The van der Waals surface area contributed by atoms with Gasteiger partial charge in [0.1, 0.15) is 12.2 Å². The number of ether oxygens (including phenoxy) is 1. The molecule has 2 aromatic rings. The number of nitrogens with one attached hydrogen (secondary N) is 1. The predicted molar refractivity (Wildman–Crippen MR) is 71.8 cm³/mol. The Kier molecular flexibility index (Phi) is 3.66. The molecule has 114 valence electrons. The predicted octanol–water partition coefficient (Wildman–Crippen LogP) is 0.110. The van der Waals surface area contributed by atoms with Crippen molar-refractivity contribution in [3.63, 3.8) is 0 Å². The molecule has 0 radical (unpaired) electrons. The summed E-state index contributed by atoms with van der Waals surface area (Å²) >= 11 is 5.83. The molecule has 8 nitrogen and oxygen atoms in total. The first-order chi connectivity index (χ1) is 10.1. The first kappa shape index (κ1) is 14.4. The molecule has 2 aromatic heterocycles. The molecule has 1 fully saturated rings. The third kappa shape index (κ3) is 2.22. The summed E-state index contributed by atoms with van der Waals surface area (Å²) in [6, 6.07) is 0. The number of halogens is 2. The maximum Gasteiger partial charge on any atom is 0.226 e. The van der Waals surface area contributed by atoms with Crippen LogP contribution in [0.25, 0.3) is 11.2 Å². The van der Waals surface area contributed by atoms with Crippen LogP contribution in [0, 0.1) is 0 Å². The number of fused-ring (bicyclic) bond motifs is 1. The molecule has 3 heterocycles. The molecule has 10 heteroatoms. The van der Waals surface area contributed by atoms with Crippen LogP contribution in [0.1, 0.15) is 6.23 Å². The first-order valence-corrected chi connectivity index (χ1v) is 6.61. The maximum absolute atomic E-state index is 14.2. The van der Waals surface area contributed by atoms with Gasteiger partial charge in [0.2, 0.25) is 5.28 Å². The van der Waals surface area contributed by atoms with E-state index >= 15 is 0 Å². The Balaban J connectivity index is 2.07. The Labute approximate surface area is 123 Å². The number of nitrogens with zero attached hydrogens (tertiary/aromatic N) is 4.